The number of hydrogen-bond donors (Lipinski definition) is 2. The van der Waals surface area contributed by atoms with Gasteiger partial charge in [0, 0.05) is 5.54 Å². The third-order valence-electron chi connectivity index (χ3n) is 3.79. The average Bonchev–Trinajstić information content (AvgIpc) is 2.27. The number of nitrogens with one attached hydrogen (secondary N) is 1. The zero-order valence-corrected chi connectivity index (χ0v) is 12.2. The summed E-state index contributed by atoms with van der Waals surface area (Å²) in [6.07, 6.45) is 5.70. The Morgan fingerprint density at radius 1 is 1.26 bits per heavy atom. The second kappa shape index (κ2) is 5.61. The first-order valence-corrected chi connectivity index (χ1v) is 8.31. The van der Waals surface area contributed by atoms with Gasteiger partial charge < -0.3 is 0 Å². The van der Waals surface area contributed by atoms with Crippen molar-refractivity contribution in [2.24, 2.45) is 5.14 Å². The monoisotopic (exact) mass is 282 g/mol. The van der Waals surface area contributed by atoms with Crippen LogP contribution in [0.4, 0.5) is 0 Å². The van der Waals surface area contributed by atoms with Crippen molar-refractivity contribution in [3.05, 3.63) is 35.4 Å². The third-order valence-corrected chi connectivity index (χ3v) is 4.51. The minimum Gasteiger partial charge on any atom is -0.216 e. The predicted molar refractivity (Wildman–Crippen MR) is 76.9 cm³/mol. The number of nitrogens with two attached hydrogens (primary N) is 1. The molecule has 5 heteroatoms. The highest BCUT2D eigenvalue weighted by Crippen LogP contribution is 2.32. The second-order valence-corrected chi connectivity index (χ2v) is 6.95. The molecule has 1 aromatic rings. The Kier molecular flexibility index (Phi) is 4.28. The van der Waals surface area contributed by atoms with Crippen LogP contribution in [0.3, 0.4) is 0 Å². The van der Waals surface area contributed by atoms with Crippen LogP contribution >= 0.6 is 0 Å². The summed E-state index contributed by atoms with van der Waals surface area (Å²) in [5.74, 6) is 0. The molecular formula is C14H22N2O2S. The molecule has 0 aliphatic heterocycles. The van der Waals surface area contributed by atoms with E-state index in [1.54, 1.807) is 0 Å². The van der Waals surface area contributed by atoms with Gasteiger partial charge in [0.15, 0.2) is 0 Å². The first kappa shape index (κ1) is 14.5. The van der Waals surface area contributed by atoms with Gasteiger partial charge in [-0.15, -0.1) is 0 Å². The van der Waals surface area contributed by atoms with E-state index in [2.05, 4.69) is 10.8 Å². The van der Waals surface area contributed by atoms with Crippen LogP contribution in [-0.4, -0.2) is 14.0 Å². The van der Waals surface area contributed by atoms with Gasteiger partial charge in [0.25, 0.3) is 10.2 Å². The molecule has 0 amide bonds. The molecule has 0 unspecified atom stereocenters. The molecule has 0 heterocycles. The second-order valence-electron chi connectivity index (χ2n) is 5.65. The lowest BCUT2D eigenvalue weighted by molar-refractivity contribution is 0.267. The summed E-state index contributed by atoms with van der Waals surface area (Å²) >= 11 is 0. The molecule has 1 aromatic carbocycles. The van der Waals surface area contributed by atoms with Gasteiger partial charge in [-0.2, -0.15) is 13.1 Å². The number of hydrogen-bond acceptors (Lipinski definition) is 2. The highest BCUT2D eigenvalue weighted by Gasteiger charge is 2.35. The SMILES string of the molecule is Cc1cccc(CC2(NS(N)(=O)=O)CCCCC2)c1. The summed E-state index contributed by atoms with van der Waals surface area (Å²) in [6, 6.07) is 8.22. The Balaban J connectivity index is 2.22. The largest absolute Gasteiger partial charge is 0.274 e. The van der Waals surface area contributed by atoms with E-state index in [4.69, 9.17) is 5.14 Å². The molecule has 0 atom stereocenters. The Hall–Kier alpha value is -0.910. The van der Waals surface area contributed by atoms with Crippen molar-refractivity contribution in [2.75, 3.05) is 0 Å². The fraction of sp³-hybridized carbons (Fsp3) is 0.571. The quantitative estimate of drug-likeness (QED) is 0.887. The van der Waals surface area contributed by atoms with Crippen molar-refractivity contribution in [3.63, 3.8) is 0 Å². The van der Waals surface area contributed by atoms with Crippen LogP contribution in [0, 0.1) is 6.92 Å². The van der Waals surface area contributed by atoms with E-state index in [1.165, 1.54) is 12.0 Å². The minimum atomic E-state index is -3.66. The zero-order valence-electron chi connectivity index (χ0n) is 11.4. The summed E-state index contributed by atoms with van der Waals surface area (Å²) in [5.41, 5.74) is 1.96. The summed E-state index contributed by atoms with van der Waals surface area (Å²) in [4.78, 5) is 0. The van der Waals surface area contributed by atoms with Crippen molar-refractivity contribution in [1.82, 2.24) is 4.72 Å². The fourth-order valence-corrected chi connectivity index (χ4v) is 3.94. The molecule has 1 fully saturated rings. The topological polar surface area (TPSA) is 72.2 Å². The van der Waals surface area contributed by atoms with Gasteiger partial charge in [0.2, 0.25) is 0 Å². The minimum absolute atomic E-state index is 0.403. The first-order chi connectivity index (χ1) is 8.89. The van der Waals surface area contributed by atoms with Crippen molar-refractivity contribution < 1.29 is 8.42 Å². The molecule has 106 valence electrons. The lowest BCUT2D eigenvalue weighted by atomic mass is 9.78. The van der Waals surface area contributed by atoms with Crippen LogP contribution in [0.2, 0.25) is 0 Å². The summed E-state index contributed by atoms with van der Waals surface area (Å²) in [6.45, 7) is 2.05. The van der Waals surface area contributed by atoms with Crippen molar-refractivity contribution in [2.45, 2.75) is 51.0 Å². The Bertz CT molecular complexity index is 534. The maximum absolute atomic E-state index is 11.4. The molecular weight excluding hydrogens is 260 g/mol. The molecule has 1 aliphatic rings. The predicted octanol–water partition coefficient (Wildman–Crippen LogP) is 2.03. The van der Waals surface area contributed by atoms with Crippen LogP contribution in [0.1, 0.15) is 43.2 Å². The van der Waals surface area contributed by atoms with Gasteiger partial charge in [-0.3, -0.25) is 0 Å². The van der Waals surface area contributed by atoms with Crippen molar-refractivity contribution in [1.29, 1.82) is 0 Å². The fourth-order valence-electron chi connectivity index (χ4n) is 3.06. The van der Waals surface area contributed by atoms with Crippen molar-refractivity contribution >= 4 is 10.2 Å². The lowest BCUT2D eigenvalue weighted by Gasteiger charge is -2.37. The highest BCUT2D eigenvalue weighted by molar-refractivity contribution is 7.87. The third kappa shape index (κ3) is 4.30. The maximum Gasteiger partial charge on any atom is 0.274 e. The Morgan fingerprint density at radius 2 is 1.95 bits per heavy atom. The van der Waals surface area contributed by atoms with E-state index in [0.29, 0.717) is 6.42 Å². The number of aryl methyl sites for hydroxylation is 1. The van der Waals surface area contributed by atoms with Crippen LogP contribution in [0.5, 0.6) is 0 Å². The van der Waals surface area contributed by atoms with E-state index in [0.717, 1.165) is 31.2 Å². The van der Waals surface area contributed by atoms with E-state index in [1.807, 2.05) is 25.1 Å². The molecule has 19 heavy (non-hydrogen) atoms. The lowest BCUT2D eigenvalue weighted by Crippen LogP contribution is -2.53. The van der Waals surface area contributed by atoms with Gasteiger partial charge in [-0.1, -0.05) is 49.1 Å². The molecule has 0 radical (unpaired) electrons. The standard InChI is InChI=1S/C14H22N2O2S/c1-12-6-5-7-13(10-12)11-14(16-19(15,17)18)8-3-2-4-9-14/h5-7,10,16H,2-4,8-9,11H2,1H3,(H2,15,17,18). The molecule has 0 bridgehead atoms. The van der Waals surface area contributed by atoms with E-state index >= 15 is 0 Å². The molecule has 3 N–H and O–H groups in total. The molecule has 1 aliphatic carbocycles. The van der Waals surface area contributed by atoms with E-state index in [9.17, 15) is 8.42 Å². The van der Waals surface area contributed by atoms with Crippen LogP contribution < -0.4 is 9.86 Å². The van der Waals surface area contributed by atoms with E-state index in [-0.39, 0.29) is 0 Å². The van der Waals surface area contributed by atoms with Crippen molar-refractivity contribution in [3.8, 4) is 0 Å². The maximum atomic E-state index is 11.4. The molecule has 2 rings (SSSR count). The highest BCUT2D eigenvalue weighted by atomic mass is 32.2. The van der Waals surface area contributed by atoms with Crippen LogP contribution in [0.15, 0.2) is 24.3 Å². The van der Waals surface area contributed by atoms with Crippen LogP contribution in [-0.2, 0) is 16.6 Å². The van der Waals surface area contributed by atoms with Gasteiger partial charge in [0.1, 0.15) is 0 Å². The average molecular weight is 282 g/mol. The molecule has 4 nitrogen and oxygen atoms in total. The van der Waals surface area contributed by atoms with Gasteiger partial charge in [0.05, 0.1) is 0 Å². The molecule has 0 aromatic heterocycles. The molecule has 0 saturated heterocycles. The summed E-state index contributed by atoms with van der Waals surface area (Å²) < 4.78 is 25.5. The Labute approximate surface area is 115 Å². The summed E-state index contributed by atoms with van der Waals surface area (Å²) in [7, 11) is -3.66. The number of benzene rings is 1. The molecule has 1 saturated carbocycles. The van der Waals surface area contributed by atoms with Crippen LogP contribution in [0.25, 0.3) is 0 Å². The first-order valence-electron chi connectivity index (χ1n) is 6.76. The van der Waals surface area contributed by atoms with E-state index < -0.39 is 15.7 Å². The van der Waals surface area contributed by atoms with Gasteiger partial charge in [-0.05, 0) is 31.7 Å². The smallest absolute Gasteiger partial charge is 0.216 e. The van der Waals surface area contributed by atoms with Gasteiger partial charge in [-0.25, -0.2) is 5.14 Å². The number of rotatable bonds is 4. The zero-order chi connectivity index (χ0) is 13.9. The molecule has 0 spiro atoms. The summed E-state index contributed by atoms with van der Waals surface area (Å²) in [5, 5.41) is 5.20. The normalized spacial score (nSPS) is 19.3. The Morgan fingerprint density at radius 3 is 2.53 bits per heavy atom. The van der Waals surface area contributed by atoms with Gasteiger partial charge >= 0.3 is 0 Å².